The maximum Gasteiger partial charge on any atom is 0.245 e. The highest BCUT2D eigenvalue weighted by molar-refractivity contribution is 6.64. The molecule has 2 nitrogen and oxygen atoms in total. The Bertz CT molecular complexity index is 717. The van der Waals surface area contributed by atoms with Crippen LogP contribution in [-0.4, -0.2) is 14.7 Å². The van der Waals surface area contributed by atoms with E-state index < -0.39 is 8.80 Å². The lowest BCUT2D eigenvalue weighted by Gasteiger charge is -2.69. The Labute approximate surface area is 167 Å². The lowest BCUT2D eigenvalue weighted by molar-refractivity contribution is -0.151. The third-order valence-corrected chi connectivity index (χ3v) is 14.4. The van der Waals surface area contributed by atoms with Crippen LogP contribution in [0.1, 0.15) is 73.6 Å². The standard InChI is InChI=1S/C24H38NOSi/c1-7-27(8-2)24(21-16(5)14(3)15(4)17(21)6)20-10-18-9-19(11-20)13-23(24,12-18)22(25)26/h16,18-20,25,27H,7-13H2,1-6H3. The van der Waals surface area contributed by atoms with E-state index in [1.54, 1.807) is 5.57 Å². The van der Waals surface area contributed by atoms with E-state index in [1.165, 1.54) is 48.1 Å². The predicted octanol–water partition coefficient (Wildman–Crippen LogP) is 5.93. The molecule has 4 unspecified atom stereocenters. The molecule has 4 atom stereocenters. The smallest absolute Gasteiger partial charge is 0.245 e. The largest absolute Gasteiger partial charge is 0.273 e. The van der Waals surface area contributed by atoms with E-state index >= 15 is 0 Å². The number of hydrogen-bond donors (Lipinski definition) is 0. The summed E-state index contributed by atoms with van der Waals surface area (Å²) in [5, 5.41) is 0.0608. The molecule has 1 N–H and O–H groups in total. The molecule has 0 spiro atoms. The monoisotopic (exact) mass is 384 g/mol. The van der Waals surface area contributed by atoms with Gasteiger partial charge < -0.3 is 0 Å². The third kappa shape index (κ3) is 2.21. The molecule has 0 aromatic carbocycles. The van der Waals surface area contributed by atoms with Crippen molar-refractivity contribution in [3.63, 3.8) is 0 Å². The minimum atomic E-state index is -1.23. The van der Waals surface area contributed by atoms with Crippen LogP contribution in [0.15, 0.2) is 22.3 Å². The molecule has 1 radical (unpaired) electrons. The average molecular weight is 385 g/mol. The number of amides is 1. The molecule has 4 fully saturated rings. The van der Waals surface area contributed by atoms with Crippen molar-refractivity contribution < 1.29 is 4.79 Å². The highest BCUT2D eigenvalue weighted by Crippen LogP contribution is 2.78. The van der Waals surface area contributed by atoms with Gasteiger partial charge in [0.25, 0.3) is 0 Å². The molecule has 5 rings (SSSR count). The minimum absolute atomic E-state index is 0.0608. The summed E-state index contributed by atoms with van der Waals surface area (Å²) in [6, 6.07) is 2.53. The number of allylic oxidation sites excluding steroid dienone is 4. The molecular weight excluding hydrogens is 346 g/mol. The molecule has 4 saturated carbocycles. The number of rotatable bonds is 5. The highest BCUT2D eigenvalue weighted by atomic mass is 28.3. The van der Waals surface area contributed by atoms with Crippen molar-refractivity contribution in [2.45, 2.75) is 90.8 Å². The summed E-state index contributed by atoms with van der Waals surface area (Å²) in [6.45, 7) is 14.1. The summed E-state index contributed by atoms with van der Waals surface area (Å²) in [6.07, 6.45) is 6.03. The van der Waals surface area contributed by atoms with Gasteiger partial charge in [0.1, 0.15) is 0 Å². The Kier molecular flexibility index (Phi) is 4.57. The first kappa shape index (κ1) is 19.5. The van der Waals surface area contributed by atoms with Crippen LogP contribution in [0.3, 0.4) is 0 Å². The molecule has 3 heteroatoms. The molecule has 27 heavy (non-hydrogen) atoms. The van der Waals surface area contributed by atoms with E-state index in [0.717, 1.165) is 12.8 Å². The van der Waals surface area contributed by atoms with Crippen molar-refractivity contribution in [1.29, 1.82) is 0 Å². The maximum atomic E-state index is 13.2. The first-order valence-corrected chi connectivity index (χ1v) is 13.6. The quantitative estimate of drug-likeness (QED) is 0.541. The Morgan fingerprint density at radius 1 is 1.04 bits per heavy atom. The van der Waals surface area contributed by atoms with Gasteiger partial charge in [-0.1, -0.05) is 44.0 Å². The maximum absolute atomic E-state index is 13.2. The number of carbonyl (C=O) groups is 1. The molecule has 0 aliphatic heterocycles. The van der Waals surface area contributed by atoms with Gasteiger partial charge in [0, 0.05) is 13.8 Å². The predicted molar refractivity (Wildman–Crippen MR) is 115 cm³/mol. The Morgan fingerprint density at radius 3 is 2.00 bits per heavy atom. The molecule has 0 aromatic rings. The van der Waals surface area contributed by atoms with Gasteiger partial charge in [-0.3, -0.25) is 10.5 Å². The van der Waals surface area contributed by atoms with Gasteiger partial charge in [-0.2, -0.15) is 0 Å². The first-order chi connectivity index (χ1) is 12.7. The average Bonchev–Trinajstić information content (AvgIpc) is 2.81. The highest BCUT2D eigenvalue weighted by Gasteiger charge is 2.71. The molecule has 5 aliphatic rings. The summed E-state index contributed by atoms with van der Waals surface area (Å²) in [7, 11) is -1.23. The lowest BCUT2D eigenvalue weighted by Crippen LogP contribution is -2.65. The topological polar surface area (TPSA) is 40.9 Å². The summed E-state index contributed by atoms with van der Waals surface area (Å²) >= 11 is 0. The van der Waals surface area contributed by atoms with Crippen LogP contribution < -0.4 is 5.73 Å². The van der Waals surface area contributed by atoms with Crippen molar-refractivity contribution in [2.24, 2.45) is 29.1 Å². The molecule has 4 bridgehead atoms. The first-order valence-electron chi connectivity index (χ1n) is 11.4. The van der Waals surface area contributed by atoms with E-state index in [1.807, 2.05) is 0 Å². The van der Waals surface area contributed by atoms with Crippen molar-refractivity contribution in [1.82, 2.24) is 5.73 Å². The molecule has 0 saturated heterocycles. The van der Waals surface area contributed by atoms with Crippen molar-refractivity contribution >= 4 is 14.7 Å². The van der Waals surface area contributed by atoms with E-state index in [9.17, 15) is 4.79 Å². The molecule has 0 heterocycles. The fraction of sp³-hybridized carbons (Fsp3) is 0.792. The zero-order valence-corrected chi connectivity index (χ0v) is 19.4. The van der Waals surface area contributed by atoms with E-state index in [4.69, 9.17) is 5.73 Å². The van der Waals surface area contributed by atoms with Crippen LogP contribution in [0, 0.1) is 29.1 Å². The van der Waals surface area contributed by atoms with Crippen molar-refractivity contribution in [3.8, 4) is 0 Å². The third-order valence-electron chi connectivity index (χ3n) is 9.76. The van der Waals surface area contributed by atoms with Crippen LogP contribution >= 0.6 is 0 Å². The Balaban J connectivity index is 2.02. The van der Waals surface area contributed by atoms with Crippen molar-refractivity contribution in [3.05, 3.63) is 22.3 Å². The summed E-state index contributed by atoms with van der Waals surface area (Å²) in [5.41, 5.74) is 14.4. The van der Waals surface area contributed by atoms with E-state index in [0.29, 0.717) is 23.7 Å². The van der Waals surface area contributed by atoms with Gasteiger partial charge in [0.15, 0.2) is 0 Å². The van der Waals surface area contributed by atoms with Crippen LogP contribution in [0.4, 0.5) is 0 Å². The Morgan fingerprint density at radius 2 is 1.59 bits per heavy atom. The van der Waals surface area contributed by atoms with Crippen LogP contribution in [0.2, 0.25) is 17.1 Å². The van der Waals surface area contributed by atoms with Crippen LogP contribution in [-0.2, 0) is 4.79 Å². The second-order valence-electron chi connectivity index (χ2n) is 10.4. The van der Waals surface area contributed by atoms with Gasteiger partial charge in [0.2, 0.25) is 5.91 Å². The molecular formula is C24H38NOSi. The number of nitrogens with one attached hydrogen (secondary N) is 1. The van der Waals surface area contributed by atoms with Gasteiger partial charge in [0.05, 0.1) is 5.41 Å². The molecule has 0 aromatic heterocycles. The van der Waals surface area contributed by atoms with Crippen LogP contribution in [0.25, 0.3) is 0 Å². The second kappa shape index (κ2) is 6.34. The fourth-order valence-electron chi connectivity index (χ4n) is 8.83. The minimum Gasteiger partial charge on any atom is -0.273 e. The van der Waals surface area contributed by atoms with Crippen molar-refractivity contribution in [2.75, 3.05) is 0 Å². The summed E-state index contributed by atoms with van der Waals surface area (Å²) in [4.78, 5) is 13.2. The van der Waals surface area contributed by atoms with E-state index in [2.05, 4.69) is 41.5 Å². The zero-order chi connectivity index (χ0) is 19.7. The SMILES string of the molecule is CC[SiH](CC)C1(C2=C(C)C(C)=C(C)C2C)C2CC3CC(C2)CC1(C([NH])=O)C3. The van der Waals surface area contributed by atoms with Crippen LogP contribution in [0.5, 0.6) is 0 Å². The molecule has 149 valence electrons. The number of hydrogen-bond acceptors (Lipinski definition) is 1. The van der Waals surface area contributed by atoms with E-state index in [-0.39, 0.29) is 16.4 Å². The lowest BCUT2D eigenvalue weighted by atomic mass is 9.42. The van der Waals surface area contributed by atoms with Gasteiger partial charge in [-0.25, -0.2) is 0 Å². The summed E-state index contributed by atoms with van der Waals surface area (Å²) in [5.74, 6) is 2.35. The fourth-order valence-corrected chi connectivity index (χ4v) is 13.7. The van der Waals surface area contributed by atoms with Gasteiger partial charge in [-0.05, 0) is 87.7 Å². The zero-order valence-electron chi connectivity index (χ0n) is 18.2. The normalized spacial score (nSPS) is 43.4. The number of carbonyl (C=O) groups excluding carboxylic acids is 1. The Hall–Kier alpha value is -0.833. The molecule has 5 aliphatic carbocycles. The second-order valence-corrected chi connectivity index (χ2v) is 14.3. The summed E-state index contributed by atoms with van der Waals surface area (Å²) < 4.78 is 0. The van der Waals surface area contributed by atoms with Gasteiger partial charge >= 0.3 is 0 Å². The van der Waals surface area contributed by atoms with Gasteiger partial charge in [-0.15, -0.1) is 0 Å². The molecule has 1 amide bonds.